The molecule has 0 aliphatic carbocycles. The molecule has 21 heteroatoms. The van der Waals surface area contributed by atoms with Crippen LogP contribution in [0.15, 0.2) is 15.8 Å². The van der Waals surface area contributed by atoms with Crippen molar-refractivity contribution in [2.45, 2.75) is 38.0 Å². The van der Waals surface area contributed by atoms with Gasteiger partial charge in [0.25, 0.3) is 29.0 Å². The number of H-pyrrole nitrogens is 1. The molecular weight excluding hydrogens is 565 g/mol. The quantitative estimate of drug-likeness (QED) is 0.139. The third-order valence-corrected chi connectivity index (χ3v) is 8.08. The molecule has 1 fully saturated rings. The monoisotopic (exact) mass is 587 g/mol. The van der Waals surface area contributed by atoms with E-state index >= 15 is 0 Å². The number of nitrogens with zero attached hydrogens (tertiary/aromatic N) is 1. The van der Waals surface area contributed by atoms with E-state index in [0.29, 0.717) is 13.0 Å². The summed E-state index contributed by atoms with van der Waals surface area (Å²) in [6, 6.07) is 0. The van der Waals surface area contributed by atoms with Crippen LogP contribution in [0.4, 0.5) is 0 Å². The van der Waals surface area contributed by atoms with Crippen molar-refractivity contribution in [3.8, 4) is 11.8 Å². The van der Waals surface area contributed by atoms with Gasteiger partial charge in [-0.25, -0.2) is 13.4 Å². The summed E-state index contributed by atoms with van der Waals surface area (Å²) in [6.07, 6.45) is 0.0981. The number of carbonyl (C=O) groups is 1. The second-order valence-corrected chi connectivity index (χ2v) is 11.6. The smallest absolute Gasteiger partial charge is 0.330 e. The highest BCUT2D eigenvalue weighted by Gasteiger charge is 2.30. The Bertz CT molecular complexity index is 1290. The van der Waals surface area contributed by atoms with Crippen LogP contribution < -0.4 is 37.0 Å². The topological polar surface area (TPSA) is 288 Å². The molecule has 208 valence electrons. The second kappa shape index (κ2) is 13.2. The number of aromatic nitrogens is 2. The van der Waals surface area contributed by atoms with Crippen molar-refractivity contribution in [1.82, 2.24) is 14.9 Å². The van der Waals surface area contributed by atoms with E-state index in [1.54, 1.807) is 0 Å². The molecule has 1 aliphatic rings. The Morgan fingerprint density at radius 2 is 1.95 bits per heavy atom. The molecule has 2 rings (SSSR count). The first-order valence-electron chi connectivity index (χ1n) is 10.3. The van der Waals surface area contributed by atoms with Crippen LogP contribution in [0.3, 0.4) is 0 Å². The van der Waals surface area contributed by atoms with E-state index in [9.17, 15) is 42.8 Å². The van der Waals surface area contributed by atoms with Gasteiger partial charge in [0, 0.05) is 12.6 Å². The Kier molecular flexibility index (Phi) is 11.2. The maximum absolute atomic E-state index is 12.2. The lowest BCUT2D eigenvalue weighted by Gasteiger charge is -2.32. The minimum atomic E-state index is -6.03. The van der Waals surface area contributed by atoms with Crippen molar-refractivity contribution in [2.24, 2.45) is 5.73 Å². The third-order valence-electron chi connectivity index (χ3n) is 4.39. The predicted octanol–water partition coefficient (Wildman–Crippen LogP) is -3.13. The summed E-state index contributed by atoms with van der Waals surface area (Å²) >= 11 is 0. The minimum absolute atomic E-state index is 0.0648. The number of aromatic amines is 1. The number of hydrogen-bond donors (Lipinski definition) is 4. The summed E-state index contributed by atoms with van der Waals surface area (Å²) in [6.45, 7) is -0.505. The molecule has 0 radical (unpaired) electrons. The van der Waals surface area contributed by atoms with Gasteiger partial charge in [0.1, 0.15) is 11.8 Å². The summed E-state index contributed by atoms with van der Waals surface area (Å²) in [5, 5.41) is 2.51. The van der Waals surface area contributed by atoms with Crippen LogP contribution in [0.5, 0.6) is 0 Å². The van der Waals surface area contributed by atoms with Crippen molar-refractivity contribution < 1.29 is 55.9 Å². The number of nitrogens with two attached hydrogens (primary N) is 1. The average Bonchev–Trinajstić information content (AvgIpc) is 3.21. The highest BCUT2D eigenvalue weighted by atomic mass is 31.3. The van der Waals surface area contributed by atoms with Crippen LogP contribution >= 0.6 is 23.5 Å². The molecule has 18 nitrogen and oxygen atoms in total. The zero-order valence-corrected chi connectivity index (χ0v) is 21.5. The molecule has 0 bridgehead atoms. The Balaban J connectivity index is 1.99. The van der Waals surface area contributed by atoms with E-state index in [2.05, 4.69) is 35.3 Å². The van der Waals surface area contributed by atoms with E-state index in [1.807, 2.05) is 0 Å². The van der Waals surface area contributed by atoms with Crippen molar-refractivity contribution in [3.63, 3.8) is 0 Å². The lowest BCUT2D eigenvalue weighted by atomic mass is 10.2. The fourth-order valence-electron chi connectivity index (χ4n) is 2.90. The zero-order valence-electron chi connectivity index (χ0n) is 18.8. The number of ether oxygens (including phenoxy) is 1. The molecule has 0 spiro atoms. The van der Waals surface area contributed by atoms with Crippen LogP contribution in [0.2, 0.25) is 0 Å². The number of amides is 1. The van der Waals surface area contributed by atoms with Crippen molar-refractivity contribution >= 4 is 29.4 Å². The van der Waals surface area contributed by atoms with Gasteiger partial charge in [-0.15, -0.1) is 0 Å². The summed E-state index contributed by atoms with van der Waals surface area (Å²) in [5.74, 6) is 4.80. The van der Waals surface area contributed by atoms with Gasteiger partial charge in [-0.1, -0.05) is 11.8 Å². The van der Waals surface area contributed by atoms with Crippen LogP contribution in [-0.2, 0) is 36.4 Å². The Morgan fingerprint density at radius 1 is 1.24 bits per heavy atom. The Labute approximate surface area is 208 Å². The summed E-state index contributed by atoms with van der Waals surface area (Å²) < 4.78 is 50.9. The highest BCUT2D eigenvalue weighted by Crippen LogP contribution is 2.61. The number of carbonyl (C=O) groups excluding carboxylic acids is 1. The molecule has 1 aliphatic heterocycles. The number of phosphoric acid groups is 3. The van der Waals surface area contributed by atoms with Gasteiger partial charge >= 0.3 is 5.69 Å². The molecule has 0 aromatic carbocycles. The number of phosphoric ester groups is 1. The second-order valence-electron chi connectivity index (χ2n) is 7.29. The van der Waals surface area contributed by atoms with Crippen molar-refractivity contribution in [1.29, 1.82) is 0 Å². The highest BCUT2D eigenvalue weighted by molar-refractivity contribution is 7.65. The van der Waals surface area contributed by atoms with Crippen LogP contribution in [0, 0.1) is 11.8 Å². The molecule has 1 amide bonds. The molecule has 5 atom stereocenters. The first-order valence-corrected chi connectivity index (χ1v) is 14.7. The molecule has 1 aromatic heterocycles. The lowest BCUT2D eigenvalue weighted by molar-refractivity contribution is -0.250. The SMILES string of the molecule is NCCCC(=O)NCC#Cc1cn(C2CCC(COP(=O)([O-])OP(=O)([O-])OP(=O)([O-])O)O2)c(=O)[nH]c1=O. The summed E-state index contributed by atoms with van der Waals surface area (Å²) in [4.78, 5) is 79.5. The van der Waals surface area contributed by atoms with Crippen LogP contribution in [-0.4, -0.2) is 46.2 Å². The van der Waals surface area contributed by atoms with E-state index in [4.69, 9.17) is 15.4 Å². The van der Waals surface area contributed by atoms with Crippen LogP contribution in [0.25, 0.3) is 0 Å². The molecular formula is C16H22N4O14P3-3. The third kappa shape index (κ3) is 11.1. The Morgan fingerprint density at radius 3 is 2.59 bits per heavy atom. The molecule has 5 N–H and O–H groups in total. The van der Waals surface area contributed by atoms with E-state index in [0.717, 1.165) is 10.8 Å². The fourth-order valence-corrected chi connectivity index (χ4v) is 5.81. The molecule has 5 unspecified atom stereocenters. The molecule has 37 heavy (non-hydrogen) atoms. The van der Waals surface area contributed by atoms with Gasteiger partial charge in [0.2, 0.25) is 5.91 Å². The first-order chi connectivity index (χ1) is 17.1. The number of rotatable bonds is 12. The molecule has 1 aromatic rings. The first kappa shape index (κ1) is 31.3. The maximum atomic E-state index is 12.2. The van der Waals surface area contributed by atoms with Gasteiger partial charge in [-0.2, -0.15) is 0 Å². The van der Waals surface area contributed by atoms with E-state index < -0.39 is 53.7 Å². The van der Waals surface area contributed by atoms with Crippen molar-refractivity contribution in [2.75, 3.05) is 19.7 Å². The van der Waals surface area contributed by atoms with Gasteiger partial charge in [0.05, 0.1) is 19.3 Å². The van der Waals surface area contributed by atoms with Gasteiger partial charge in [-0.3, -0.25) is 32.8 Å². The maximum Gasteiger partial charge on any atom is 0.330 e. The standard InChI is InChI=1S/C16H25N4O14P3/c17-7-1-4-13(21)18-8-2-3-11-9-20(16(23)19-15(11)22)14-6-5-12(32-14)10-31-36(27,28)34-37(29,30)33-35(24,25)26/h9,12,14H,1,4-8,10,17H2,(H,18,21)(H,27,28)(H,29,30)(H,19,22,23)(H2,24,25,26)/p-3. The molecule has 2 heterocycles. The summed E-state index contributed by atoms with van der Waals surface area (Å²) in [5.41, 5.74) is 3.54. The van der Waals surface area contributed by atoms with Gasteiger partial charge in [-0.05, 0) is 25.8 Å². The Hall–Kier alpha value is -1.96. The molecule has 1 saturated heterocycles. The van der Waals surface area contributed by atoms with Crippen LogP contribution in [0.1, 0.15) is 37.5 Å². The zero-order chi connectivity index (χ0) is 27.9. The number of nitrogens with one attached hydrogen (secondary N) is 2. The molecule has 0 saturated carbocycles. The largest absolute Gasteiger partial charge is 0.756 e. The lowest BCUT2D eigenvalue weighted by Crippen LogP contribution is -2.34. The van der Waals surface area contributed by atoms with E-state index in [-0.39, 0.29) is 37.3 Å². The fraction of sp³-hybridized carbons (Fsp3) is 0.562. The van der Waals surface area contributed by atoms with Gasteiger partial charge < -0.3 is 39.9 Å². The minimum Gasteiger partial charge on any atom is -0.756 e. The summed E-state index contributed by atoms with van der Waals surface area (Å²) in [7, 11) is -17.6. The van der Waals surface area contributed by atoms with Crippen molar-refractivity contribution in [3.05, 3.63) is 32.6 Å². The number of hydrogen-bond acceptors (Lipinski definition) is 14. The van der Waals surface area contributed by atoms with E-state index in [1.165, 1.54) is 0 Å². The predicted molar refractivity (Wildman–Crippen MR) is 116 cm³/mol. The normalized spacial score (nSPS) is 22.2. The van der Waals surface area contributed by atoms with Gasteiger partial charge in [0.15, 0.2) is 0 Å². The average molecular weight is 587 g/mol.